The highest BCUT2D eigenvalue weighted by Crippen LogP contribution is 2.49. The SMILES string of the molecule is CC1(C)/C(=C\C=C2/CC(C(=O)[O-])C/C(=C\C=C3\N(CCCCS(=O)(=O)[O-])c4ccccc4C3(C)C)C2=O)N(CCCCS(=O)(=O)[O-])c2ccccc21. The molecule has 1 fully saturated rings. The number of carboxylic acids is 1. The number of rotatable bonds is 13. The molecule has 2 aromatic carbocycles. The first kappa shape index (κ1) is 39.2. The van der Waals surface area contributed by atoms with Crippen molar-refractivity contribution >= 4 is 43.4 Å². The number of ketones is 1. The predicted molar refractivity (Wildman–Crippen MR) is 196 cm³/mol. The molecule has 0 atom stereocenters. The van der Waals surface area contributed by atoms with E-state index in [9.17, 15) is 40.6 Å². The van der Waals surface area contributed by atoms with E-state index >= 15 is 0 Å². The van der Waals surface area contributed by atoms with E-state index in [1.165, 1.54) is 0 Å². The van der Waals surface area contributed by atoms with Crippen LogP contribution < -0.4 is 14.9 Å². The maximum atomic E-state index is 14.0. The van der Waals surface area contributed by atoms with Gasteiger partial charge in [-0.15, -0.1) is 0 Å². The van der Waals surface area contributed by atoms with Crippen molar-refractivity contribution in [2.75, 3.05) is 34.4 Å². The summed E-state index contributed by atoms with van der Waals surface area (Å²) in [5.41, 5.74) is 5.36. The number of allylic oxidation sites excluding steroid dienone is 8. The van der Waals surface area contributed by atoms with E-state index in [0.717, 1.165) is 33.9 Å². The Morgan fingerprint density at radius 3 is 1.44 bits per heavy atom. The Labute approximate surface area is 306 Å². The molecule has 280 valence electrons. The summed E-state index contributed by atoms with van der Waals surface area (Å²) < 4.78 is 67.2. The number of anilines is 2. The molecule has 0 spiro atoms. The van der Waals surface area contributed by atoms with Crippen LogP contribution in [0.15, 0.2) is 95.4 Å². The number of unbranched alkanes of at least 4 members (excludes halogenated alkanes) is 2. The molecule has 1 aliphatic carbocycles. The van der Waals surface area contributed by atoms with Gasteiger partial charge in [0.1, 0.15) is 0 Å². The summed E-state index contributed by atoms with van der Waals surface area (Å²) in [6.45, 7) is 9.09. The monoisotopic (exact) mass is 749 g/mol. The van der Waals surface area contributed by atoms with E-state index in [4.69, 9.17) is 0 Å². The Hall–Kier alpha value is -4.04. The number of carbonyl (C=O) groups is 2. The maximum absolute atomic E-state index is 14.0. The Morgan fingerprint density at radius 1 is 0.692 bits per heavy atom. The third kappa shape index (κ3) is 8.60. The first-order chi connectivity index (χ1) is 24.3. The number of aliphatic carboxylic acids is 1. The molecule has 1 saturated carbocycles. The molecule has 0 radical (unpaired) electrons. The molecule has 11 nitrogen and oxygen atoms in total. The van der Waals surface area contributed by atoms with Gasteiger partial charge in [-0.25, -0.2) is 16.8 Å². The van der Waals surface area contributed by atoms with Crippen molar-refractivity contribution in [1.82, 2.24) is 0 Å². The second-order valence-corrected chi connectivity index (χ2v) is 17.8. The van der Waals surface area contributed by atoms with Crippen molar-refractivity contribution in [3.8, 4) is 0 Å². The fraction of sp³-hybridized carbons (Fsp3) is 0.436. The number of benzene rings is 2. The van der Waals surface area contributed by atoms with Gasteiger partial charge in [-0.05, 0) is 73.9 Å². The van der Waals surface area contributed by atoms with E-state index in [1.807, 2.05) is 60.7 Å². The highest BCUT2D eigenvalue weighted by atomic mass is 32.2. The van der Waals surface area contributed by atoms with E-state index in [2.05, 4.69) is 37.5 Å². The van der Waals surface area contributed by atoms with Gasteiger partial charge in [0.05, 0.1) is 20.2 Å². The molecule has 3 aliphatic rings. The molecule has 0 aromatic heterocycles. The lowest BCUT2D eigenvalue weighted by molar-refractivity contribution is -0.311. The van der Waals surface area contributed by atoms with Crippen LogP contribution in [0.2, 0.25) is 0 Å². The van der Waals surface area contributed by atoms with Gasteiger partial charge in [0.2, 0.25) is 0 Å². The molecule has 0 unspecified atom stereocenters. The van der Waals surface area contributed by atoms with Crippen LogP contribution in [-0.2, 0) is 40.7 Å². The van der Waals surface area contributed by atoms with Crippen LogP contribution in [0, 0.1) is 5.92 Å². The number of hydrogen-bond acceptors (Lipinski definition) is 11. The maximum Gasteiger partial charge on any atom is 0.185 e. The van der Waals surface area contributed by atoms with Crippen LogP contribution in [0.1, 0.15) is 77.3 Å². The summed E-state index contributed by atoms with van der Waals surface area (Å²) in [5.74, 6) is -3.35. The van der Waals surface area contributed by atoms with Gasteiger partial charge in [0.25, 0.3) is 0 Å². The smallest absolute Gasteiger partial charge is 0.185 e. The van der Waals surface area contributed by atoms with Gasteiger partial charge in [-0.2, -0.15) is 0 Å². The molecule has 5 rings (SSSR count). The molecule has 0 N–H and O–H groups in total. The van der Waals surface area contributed by atoms with Crippen molar-refractivity contribution < 1.29 is 40.6 Å². The van der Waals surface area contributed by atoms with Crippen LogP contribution in [0.3, 0.4) is 0 Å². The Kier molecular flexibility index (Phi) is 11.4. The zero-order chi connectivity index (χ0) is 38.1. The normalized spacial score (nSPS) is 22.8. The lowest BCUT2D eigenvalue weighted by atomic mass is 9.79. The minimum absolute atomic E-state index is 0.000718. The quantitative estimate of drug-likeness (QED) is 0.159. The lowest BCUT2D eigenvalue weighted by Crippen LogP contribution is -2.35. The Morgan fingerprint density at radius 2 is 1.08 bits per heavy atom. The highest BCUT2D eigenvalue weighted by molar-refractivity contribution is 7.85. The number of Topliss-reactive ketones (excluding diaryl/α,β-unsaturated/α-hetero) is 1. The molecular weight excluding hydrogens is 705 g/mol. The van der Waals surface area contributed by atoms with Crippen molar-refractivity contribution in [1.29, 1.82) is 0 Å². The molecular formula is C39H45N2O9S2-3. The van der Waals surface area contributed by atoms with Crippen molar-refractivity contribution in [2.45, 2.75) is 77.0 Å². The molecule has 2 aromatic rings. The molecule has 0 amide bonds. The summed E-state index contributed by atoms with van der Waals surface area (Å²) >= 11 is 0. The molecule has 52 heavy (non-hydrogen) atoms. The van der Waals surface area contributed by atoms with Crippen LogP contribution in [0.5, 0.6) is 0 Å². The fourth-order valence-electron chi connectivity index (χ4n) is 7.67. The number of carbonyl (C=O) groups excluding carboxylic acids is 2. The largest absolute Gasteiger partial charge is 0.748 e. The summed E-state index contributed by atoms with van der Waals surface area (Å²) in [5, 5.41) is 12.3. The average molecular weight is 750 g/mol. The van der Waals surface area contributed by atoms with Gasteiger partial charge in [-0.1, -0.05) is 76.2 Å². The van der Waals surface area contributed by atoms with Gasteiger partial charge < -0.3 is 28.8 Å². The van der Waals surface area contributed by atoms with E-state index in [0.29, 0.717) is 37.1 Å². The number of nitrogens with zero attached hydrogens (tertiary/aromatic N) is 2. The fourth-order valence-corrected chi connectivity index (χ4v) is 8.78. The van der Waals surface area contributed by atoms with Crippen LogP contribution in [-0.4, -0.2) is 62.3 Å². The van der Waals surface area contributed by atoms with Crippen LogP contribution in [0.4, 0.5) is 11.4 Å². The highest BCUT2D eigenvalue weighted by Gasteiger charge is 2.41. The molecule has 2 aliphatic heterocycles. The second kappa shape index (κ2) is 15.1. The second-order valence-electron chi connectivity index (χ2n) is 14.8. The van der Waals surface area contributed by atoms with Crippen LogP contribution in [0.25, 0.3) is 0 Å². The van der Waals surface area contributed by atoms with Gasteiger partial charge in [-0.3, -0.25) is 4.79 Å². The number of hydrogen-bond donors (Lipinski definition) is 0. The molecule has 13 heteroatoms. The predicted octanol–water partition coefficient (Wildman–Crippen LogP) is 4.58. The van der Waals surface area contributed by atoms with Gasteiger partial charge >= 0.3 is 0 Å². The topological polar surface area (TPSA) is 178 Å². The van der Waals surface area contributed by atoms with E-state index < -0.39 is 54.5 Å². The molecule has 2 heterocycles. The summed E-state index contributed by atoms with van der Waals surface area (Å²) in [7, 11) is -8.67. The summed E-state index contributed by atoms with van der Waals surface area (Å²) in [4.78, 5) is 30.4. The Balaban J connectivity index is 1.48. The summed E-state index contributed by atoms with van der Waals surface area (Å²) in [6, 6.07) is 15.7. The average Bonchev–Trinajstić information content (AvgIpc) is 3.41. The van der Waals surface area contributed by atoms with Crippen molar-refractivity contribution in [2.24, 2.45) is 5.92 Å². The van der Waals surface area contributed by atoms with Gasteiger partial charge in [0.15, 0.2) is 5.78 Å². The van der Waals surface area contributed by atoms with E-state index in [1.54, 1.807) is 12.2 Å². The number of fused-ring (bicyclic) bond motifs is 2. The number of para-hydroxylation sites is 2. The van der Waals surface area contributed by atoms with E-state index in [-0.39, 0.29) is 31.5 Å². The zero-order valence-electron chi connectivity index (χ0n) is 30.0. The van der Waals surface area contributed by atoms with Crippen molar-refractivity contribution in [3.63, 3.8) is 0 Å². The number of carboxylic acid groups (broad SMARTS) is 1. The van der Waals surface area contributed by atoms with Crippen LogP contribution >= 0.6 is 0 Å². The van der Waals surface area contributed by atoms with Crippen molar-refractivity contribution in [3.05, 3.63) is 107 Å². The van der Waals surface area contributed by atoms with Gasteiger partial charge in [0, 0.05) is 81.2 Å². The first-order valence-corrected chi connectivity index (χ1v) is 20.7. The standard InChI is InChI=1S/C39H48N2O9S2/c1-38(2)30-13-5-7-15-32(30)40(21-9-11-23-51(45,46)47)34(38)19-17-27-25-29(37(43)44)26-28(36(27)42)18-20-35-39(3,4)31-14-6-8-16-33(31)41(35)22-10-12-24-52(48,49)50/h5-8,13-20,29H,9-12,21-26H2,1-4H3,(H,43,44)(H,45,46,47)(H,48,49,50)/p-3/b27-17+,28-18+,34-19+,35-20+. The minimum Gasteiger partial charge on any atom is -0.748 e. The summed E-state index contributed by atoms with van der Waals surface area (Å²) in [6.07, 6.45) is 8.34. The lowest BCUT2D eigenvalue weighted by Gasteiger charge is -2.29. The minimum atomic E-state index is -4.34. The molecule has 0 bridgehead atoms. The molecule has 0 saturated heterocycles. The zero-order valence-corrected chi connectivity index (χ0v) is 31.6. The Bertz CT molecular complexity index is 1940. The third-order valence-corrected chi connectivity index (χ3v) is 12.0. The third-order valence-electron chi connectivity index (χ3n) is 10.4. The first-order valence-electron chi connectivity index (χ1n) is 17.5.